The fourth-order valence-electron chi connectivity index (χ4n) is 1.26. The summed E-state index contributed by atoms with van der Waals surface area (Å²) < 4.78 is 0. The number of aliphatic hydroxyl groups excluding tert-OH is 1. The molecule has 4 heteroatoms. The second-order valence-electron chi connectivity index (χ2n) is 3.06. The number of pyridine rings is 2. The third-order valence-corrected chi connectivity index (χ3v) is 2.01. The van der Waals surface area contributed by atoms with Gasteiger partial charge in [-0.25, -0.2) is 0 Å². The van der Waals surface area contributed by atoms with Crippen LogP contribution in [0.15, 0.2) is 42.7 Å². The summed E-state index contributed by atoms with van der Waals surface area (Å²) >= 11 is 0. The minimum Gasteiger partial charge on any atom is -0.364 e. The minimum atomic E-state index is -1.48. The quantitative estimate of drug-likeness (QED) is 0.716. The molecule has 0 saturated heterocycles. The zero-order valence-corrected chi connectivity index (χ0v) is 7.91. The molecule has 15 heavy (non-hydrogen) atoms. The molecule has 0 radical (unpaired) electrons. The van der Waals surface area contributed by atoms with E-state index >= 15 is 0 Å². The predicted octanol–water partition coefficient (Wildman–Crippen LogP) is 1.13. The molecule has 0 atom stereocenters. The van der Waals surface area contributed by atoms with Crippen LogP contribution in [0.25, 0.3) is 11.4 Å². The smallest absolute Gasteiger partial charge is 0.178 e. The Hall–Kier alpha value is -1.78. The van der Waals surface area contributed by atoms with E-state index in [1.165, 1.54) is 6.20 Å². The number of nitrogens with zero attached hydrogens (tertiary/aromatic N) is 2. The lowest BCUT2D eigenvalue weighted by Gasteiger charge is -2.05. The standard InChI is InChI=1S/C11H10N2O2/c14-11(15)8-4-6-13-10(7-8)9-3-1-2-5-12-9/h1-7,11,14-15H. The molecule has 0 aliphatic rings. The lowest BCUT2D eigenvalue weighted by Crippen LogP contribution is -1.96. The lowest BCUT2D eigenvalue weighted by atomic mass is 10.2. The molecular weight excluding hydrogens is 192 g/mol. The number of rotatable bonds is 2. The second kappa shape index (κ2) is 4.16. The van der Waals surface area contributed by atoms with Gasteiger partial charge in [-0.15, -0.1) is 0 Å². The monoisotopic (exact) mass is 202 g/mol. The molecular formula is C11H10N2O2. The summed E-state index contributed by atoms with van der Waals surface area (Å²) in [5.41, 5.74) is 1.74. The first-order valence-corrected chi connectivity index (χ1v) is 4.51. The van der Waals surface area contributed by atoms with Crippen LogP contribution >= 0.6 is 0 Å². The Morgan fingerprint density at radius 3 is 2.40 bits per heavy atom. The fourth-order valence-corrected chi connectivity index (χ4v) is 1.26. The summed E-state index contributed by atoms with van der Waals surface area (Å²) in [6.07, 6.45) is 1.72. The Morgan fingerprint density at radius 2 is 1.73 bits per heavy atom. The molecule has 4 nitrogen and oxygen atoms in total. The Kier molecular flexibility index (Phi) is 2.71. The Labute approximate surface area is 86.9 Å². The van der Waals surface area contributed by atoms with Crippen LogP contribution in [0.3, 0.4) is 0 Å². The predicted molar refractivity (Wildman–Crippen MR) is 54.6 cm³/mol. The summed E-state index contributed by atoms with van der Waals surface area (Å²) in [6, 6.07) is 8.64. The highest BCUT2D eigenvalue weighted by molar-refractivity contribution is 5.54. The molecule has 0 spiro atoms. The van der Waals surface area contributed by atoms with Crippen LogP contribution in [-0.2, 0) is 0 Å². The first kappa shape index (κ1) is 9.76. The molecule has 2 N–H and O–H groups in total. The molecule has 0 unspecified atom stereocenters. The molecule has 0 fully saturated rings. The van der Waals surface area contributed by atoms with Gasteiger partial charge in [-0.2, -0.15) is 0 Å². The first-order chi connectivity index (χ1) is 7.27. The van der Waals surface area contributed by atoms with E-state index in [2.05, 4.69) is 9.97 Å². The molecule has 0 bridgehead atoms. The van der Waals surface area contributed by atoms with Crippen molar-refractivity contribution in [3.05, 3.63) is 48.3 Å². The van der Waals surface area contributed by atoms with Gasteiger partial charge in [0.2, 0.25) is 0 Å². The average molecular weight is 202 g/mol. The molecule has 0 aliphatic heterocycles. The van der Waals surface area contributed by atoms with Crippen LogP contribution in [0, 0.1) is 0 Å². The van der Waals surface area contributed by atoms with E-state index in [1.807, 2.05) is 18.2 Å². The van der Waals surface area contributed by atoms with Crippen molar-refractivity contribution < 1.29 is 10.2 Å². The van der Waals surface area contributed by atoms with Crippen molar-refractivity contribution in [3.63, 3.8) is 0 Å². The van der Waals surface area contributed by atoms with Crippen molar-refractivity contribution in [3.8, 4) is 11.4 Å². The number of aromatic nitrogens is 2. The Bertz CT molecular complexity index is 443. The van der Waals surface area contributed by atoms with E-state index in [4.69, 9.17) is 10.2 Å². The van der Waals surface area contributed by atoms with Crippen molar-refractivity contribution in [2.45, 2.75) is 6.29 Å². The van der Waals surface area contributed by atoms with Gasteiger partial charge in [0.1, 0.15) is 0 Å². The normalized spacial score (nSPS) is 10.6. The lowest BCUT2D eigenvalue weighted by molar-refractivity contribution is -0.0425. The van der Waals surface area contributed by atoms with Crippen molar-refractivity contribution >= 4 is 0 Å². The maximum atomic E-state index is 9.00. The summed E-state index contributed by atoms with van der Waals surface area (Å²) in [5.74, 6) is 0. The van der Waals surface area contributed by atoms with Crippen LogP contribution in [0.1, 0.15) is 11.9 Å². The zero-order valence-electron chi connectivity index (χ0n) is 7.91. The van der Waals surface area contributed by atoms with E-state index in [0.29, 0.717) is 17.0 Å². The molecule has 0 amide bonds. The molecule has 76 valence electrons. The largest absolute Gasteiger partial charge is 0.364 e. The summed E-state index contributed by atoms with van der Waals surface area (Å²) in [4.78, 5) is 8.23. The van der Waals surface area contributed by atoms with E-state index in [-0.39, 0.29) is 0 Å². The van der Waals surface area contributed by atoms with Crippen molar-refractivity contribution in [1.82, 2.24) is 9.97 Å². The van der Waals surface area contributed by atoms with Gasteiger partial charge in [0.15, 0.2) is 6.29 Å². The molecule has 2 rings (SSSR count). The summed E-state index contributed by atoms with van der Waals surface area (Å²) in [7, 11) is 0. The van der Waals surface area contributed by atoms with E-state index < -0.39 is 6.29 Å². The third kappa shape index (κ3) is 2.18. The fraction of sp³-hybridized carbons (Fsp3) is 0.0909. The highest BCUT2D eigenvalue weighted by Gasteiger charge is 2.05. The molecule has 2 aromatic rings. The zero-order chi connectivity index (χ0) is 10.7. The maximum Gasteiger partial charge on any atom is 0.178 e. The van der Waals surface area contributed by atoms with Crippen LogP contribution in [0.5, 0.6) is 0 Å². The van der Waals surface area contributed by atoms with Gasteiger partial charge in [-0.3, -0.25) is 9.97 Å². The van der Waals surface area contributed by atoms with Crippen molar-refractivity contribution in [2.75, 3.05) is 0 Å². The SMILES string of the molecule is OC(O)c1ccnc(-c2ccccn2)c1. The summed E-state index contributed by atoms with van der Waals surface area (Å²) in [5, 5.41) is 18.0. The highest BCUT2D eigenvalue weighted by Crippen LogP contribution is 2.17. The van der Waals surface area contributed by atoms with Crippen LogP contribution in [0.4, 0.5) is 0 Å². The number of hydrogen-bond acceptors (Lipinski definition) is 4. The third-order valence-electron chi connectivity index (χ3n) is 2.01. The van der Waals surface area contributed by atoms with Crippen LogP contribution in [0.2, 0.25) is 0 Å². The summed E-state index contributed by atoms with van der Waals surface area (Å²) in [6.45, 7) is 0. The second-order valence-corrected chi connectivity index (χ2v) is 3.06. The minimum absolute atomic E-state index is 0.408. The van der Waals surface area contributed by atoms with Crippen molar-refractivity contribution in [2.24, 2.45) is 0 Å². The maximum absolute atomic E-state index is 9.00. The number of hydrogen-bond donors (Lipinski definition) is 2. The molecule has 0 saturated carbocycles. The highest BCUT2D eigenvalue weighted by atomic mass is 16.5. The Balaban J connectivity index is 2.42. The van der Waals surface area contributed by atoms with Gasteiger partial charge in [-0.05, 0) is 24.3 Å². The number of aliphatic hydroxyl groups is 2. The van der Waals surface area contributed by atoms with Gasteiger partial charge in [0.25, 0.3) is 0 Å². The van der Waals surface area contributed by atoms with Gasteiger partial charge in [0, 0.05) is 18.0 Å². The van der Waals surface area contributed by atoms with Crippen LogP contribution in [-0.4, -0.2) is 20.2 Å². The van der Waals surface area contributed by atoms with Gasteiger partial charge < -0.3 is 10.2 Å². The van der Waals surface area contributed by atoms with Gasteiger partial charge in [-0.1, -0.05) is 6.07 Å². The molecule has 2 heterocycles. The van der Waals surface area contributed by atoms with E-state index in [0.717, 1.165) is 0 Å². The van der Waals surface area contributed by atoms with Gasteiger partial charge in [0.05, 0.1) is 11.4 Å². The molecule has 2 aromatic heterocycles. The van der Waals surface area contributed by atoms with Crippen molar-refractivity contribution in [1.29, 1.82) is 0 Å². The molecule has 0 aliphatic carbocycles. The average Bonchev–Trinajstić information content (AvgIpc) is 2.30. The topological polar surface area (TPSA) is 66.2 Å². The van der Waals surface area contributed by atoms with E-state index in [9.17, 15) is 0 Å². The van der Waals surface area contributed by atoms with Crippen LogP contribution < -0.4 is 0 Å². The van der Waals surface area contributed by atoms with E-state index in [1.54, 1.807) is 18.3 Å². The molecule has 0 aromatic carbocycles. The first-order valence-electron chi connectivity index (χ1n) is 4.51. The Morgan fingerprint density at radius 1 is 0.933 bits per heavy atom. The van der Waals surface area contributed by atoms with Gasteiger partial charge >= 0.3 is 0 Å².